The Labute approximate surface area is 123 Å². The molecule has 2 aromatic rings. The Morgan fingerprint density at radius 2 is 2.14 bits per heavy atom. The molecule has 1 aromatic carbocycles. The Bertz CT molecular complexity index is 592. The number of aliphatic hydroxyl groups excluding tert-OH is 1. The second kappa shape index (κ2) is 7.01. The molecule has 0 spiro atoms. The van der Waals surface area contributed by atoms with Crippen LogP contribution in [0.5, 0.6) is 0 Å². The lowest BCUT2D eigenvalue weighted by Crippen LogP contribution is -2.34. The maximum absolute atomic E-state index is 11.9. The number of rotatable bonds is 6. The molecule has 1 heterocycles. The number of aromatic nitrogens is 2. The second-order valence-electron chi connectivity index (χ2n) is 4.85. The van der Waals surface area contributed by atoms with E-state index < -0.39 is 6.10 Å². The first-order valence-electron chi connectivity index (χ1n) is 6.68. The van der Waals surface area contributed by atoms with Crippen LogP contribution in [-0.2, 0) is 4.74 Å². The van der Waals surface area contributed by atoms with Crippen LogP contribution in [0.15, 0.2) is 30.3 Å². The topological polar surface area (TPSA) is 87.2 Å². The maximum atomic E-state index is 11.9. The Kier molecular flexibility index (Phi) is 5.08. The summed E-state index contributed by atoms with van der Waals surface area (Å²) in [5, 5.41) is 18.9. The molecule has 0 aliphatic heterocycles. The molecule has 0 bridgehead atoms. The number of ether oxygens (including phenoxy) is 1. The highest BCUT2D eigenvalue weighted by atomic mass is 16.5. The van der Waals surface area contributed by atoms with Crippen molar-refractivity contribution in [1.82, 2.24) is 15.5 Å². The maximum Gasteiger partial charge on any atom is 0.269 e. The van der Waals surface area contributed by atoms with E-state index in [1.165, 1.54) is 12.7 Å². The molecule has 112 valence electrons. The van der Waals surface area contributed by atoms with Gasteiger partial charge in [-0.2, -0.15) is 5.10 Å². The van der Waals surface area contributed by atoms with Crippen LogP contribution in [0, 0.1) is 6.92 Å². The van der Waals surface area contributed by atoms with Crippen molar-refractivity contribution < 1.29 is 14.6 Å². The van der Waals surface area contributed by atoms with Crippen molar-refractivity contribution in [1.29, 1.82) is 0 Å². The largest absolute Gasteiger partial charge is 0.389 e. The summed E-state index contributed by atoms with van der Waals surface area (Å²) in [5.74, 6) is -0.309. The number of benzene rings is 1. The summed E-state index contributed by atoms with van der Waals surface area (Å²) in [6.07, 6.45) is -0.724. The van der Waals surface area contributed by atoms with E-state index in [4.69, 9.17) is 4.74 Å². The molecule has 0 aliphatic carbocycles. The molecule has 3 N–H and O–H groups in total. The van der Waals surface area contributed by atoms with E-state index in [0.29, 0.717) is 11.4 Å². The van der Waals surface area contributed by atoms with Crippen molar-refractivity contribution >= 4 is 5.91 Å². The summed E-state index contributed by atoms with van der Waals surface area (Å²) in [6.45, 7) is 2.32. The van der Waals surface area contributed by atoms with Gasteiger partial charge in [-0.15, -0.1) is 0 Å². The smallest absolute Gasteiger partial charge is 0.269 e. The molecule has 0 aliphatic rings. The highest BCUT2D eigenvalue weighted by Crippen LogP contribution is 2.18. The molecule has 1 aromatic heterocycles. The number of hydrogen-bond donors (Lipinski definition) is 3. The van der Waals surface area contributed by atoms with E-state index in [0.717, 1.165) is 5.56 Å². The van der Waals surface area contributed by atoms with Crippen LogP contribution in [0.25, 0.3) is 11.3 Å². The zero-order valence-corrected chi connectivity index (χ0v) is 12.1. The van der Waals surface area contributed by atoms with E-state index >= 15 is 0 Å². The van der Waals surface area contributed by atoms with Gasteiger partial charge in [0.15, 0.2) is 0 Å². The normalized spacial score (nSPS) is 12.1. The predicted molar refractivity (Wildman–Crippen MR) is 79.0 cm³/mol. The Morgan fingerprint density at radius 1 is 1.43 bits per heavy atom. The van der Waals surface area contributed by atoms with E-state index in [-0.39, 0.29) is 19.1 Å². The van der Waals surface area contributed by atoms with Gasteiger partial charge in [0.2, 0.25) is 0 Å². The average Bonchev–Trinajstić information content (AvgIpc) is 2.96. The van der Waals surface area contributed by atoms with Crippen LogP contribution < -0.4 is 5.32 Å². The lowest BCUT2D eigenvalue weighted by Gasteiger charge is -2.09. The molecular weight excluding hydrogens is 270 g/mol. The summed E-state index contributed by atoms with van der Waals surface area (Å²) >= 11 is 0. The number of H-pyrrole nitrogens is 1. The molecule has 6 nitrogen and oxygen atoms in total. The number of nitrogens with zero attached hydrogens (tertiary/aromatic N) is 1. The van der Waals surface area contributed by atoms with Gasteiger partial charge in [-0.05, 0) is 13.0 Å². The number of methoxy groups -OCH3 is 1. The molecule has 0 saturated carbocycles. The van der Waals surface area contributed by atoms with Gasteiger partial charge in [0.05, 0.1) is 18.4 Å². The van der Waals surface area contributed by atoms with E-state index in [1.807, 2.05) is 31.2 Å². The van der Waals surface area contributed by atoms with Crippen molar-refractivity contribution in [2.75, 3.05) is 20.3 Å². The molecule has 1 unspecified atom stereocenters. The third kappa shape index (κ3) is 4.14. The fourth-order valence-corrected chi connectivity index (χ4v) is 1.87. The van der Waals surface area contributed by atoms with Crippen molar-refractivity contribution in [2.45, 2.75) is 13.0 Å². The molecular formula is C15H19N3O3. The van der Waals surface area contributed by atoms with Gasteiger partial charge in [0, 0.05) is 19.2 Å². The minimum absolute atomic E-state index is 0.131. The van der Waals surface area contributed by atoms with Crippen LogP contribution in [0.1, 0.15) is 16.1 Å². The highest BCUT2D eigenvalue weighted by Gasteiger charge is 2.12. The first kappa shape index (κ1) is 15.2. The molecule has 1 amide bonds. The third-order valence-electron chi connectivity index (χ3n) is 3.03. The Balaban J connectivity index is 1.99. The van der Waals surface area contributed by atoms with Crippen LogP contribution in [-0.4, -0.2) is 47.6 Å². The van der Waals surface area contributed by atoms with Gasteiger partial charge in [0.1, 0.15) is 5.69 Å². The number of aliphatic hydroxyl groups is 1. The molecule has 0 saturated heterocycles. The summed E-state index contributed by atoms with van der Waals surface area (Å²) in [4.78, 5) is 11.9. The van der Waals surface area contributed by atoms with Gasteiger partial charge in [-0.25, -0.2) is 0 Å². The molecule has 0 radical (unpaired) electrons. The Hall–Kier alpha value is -2.18. The van der Waals surface area contributed by atoms with Gasteiger partial charge >= 0.3 is 0 Å². The van der Waals surface area contributed by atoms with Gasteiger partial charge < -0.3 is 15.2 Å². The first-order chi connectivity index (χ1) is 10.1. The fourth-order valence-electron chi connectivity index (χ4n) is 1.87. The predicted octanol–water partition coefficient (Wildman–Crippen LogP) is 1.12. The highest BCUT2D eigenvalue weighted by molar-refractivity contribution is 5.93. The number of nitrogens with one attached hydrogen (secondary N) is 2. The SMILES string of the molecule is COCC(O)CNC(=O)c1cc(-c2ccc(C)cc2)n[nH]1. The molecule has 0 fully saturated rings. The Morgan fingerprint density at radius 3 is 2.81 bits per heavy atom. The first-order valence-corrected chi connectivity index (χ1v) is 6.68. The molecule has 1 atom stereocenters. The van der Waals surface area contributed by atoms with Gasteiger partial charge in [-0.1, -0.05) is 29.8 Å². The standard InChI is InChI=1S/C15H19N3O3/c1-10-3-5-11(6-4-10)13-7-14(18-17-13)15(20)16-8-12(19)9-21-2/h3-7,12,19H,8-9H2,1-2H3,(H,16,20)(H,17,18). The van der Waals surface area contributed by atoms with Crippen molar-refractivity contribution in [2.24, 2.45) is 0 Å². The monoisotopic (exact) mass is 289 g/mol. The minimum Gasteiger partial charge on any atom is -0.389 e. The van der Waals surface area contributed by atoms with E-state index in [9.17, 15) is 9.90 Å². The zero-order valence-electron chi connectivity index (χ0n) is 12.1. The summed E-state index contributed by atoms with van der Waals surface area (Å²) in [7, 11) is 1.49. The number of carbonyl (C=O) groups excluding carboxylic acids is 1. The average molecular weight is 289 g/mol. The summed E-state index contributed by atoms with van der Waals surface area (Å²) in [5.41, 5.74) is 3.17. The van der Waals surface area contributed by atoms with Gasteiger partial charge in [0.25, 0.3) is 5.91 Å². The number of carbonyl (C=O) groups is 1. The third-order valence-corrected chi connectivity index (χ3v) is 3.03. The lowest BCUT2D eigenvalue weighted by atomic mass is 10.1. The zero-order chi connectivity index (χ0) is 15.2. The minimum atomic E-state index is -0.724. The quantitative estimate of drug-likeness (QED) is 0.743. The van der Waals surface area contributed by atoms with Crippen LogP contribution in [0.4, 0.5) is 0 Å². The van der Waals surface area contributed by atoms with Crippen LogP contribution in [0.3, 0.4) is 0 Å². The number of amides is 1. The lowest BCUT2D eigenvalue weighted by molar-refractivity contribution is 0.0608. The number of aryl methyl sites for hydroxylation is 1. The molecule has 2 rings (SSSR count). The molecule has 21 heavy (non-hydrogen) atoms. The van der Waals surface area contributed by atoms with E-state index in [1.54, 1.807) is 6.07 Å². The van der Waals surface area contributed by atoms with Crippen molar-refractivity contribution in [3.8, 4) is 11.3 Å². The van der Waals surface area contributed by atoms with Crippen molar-refractivity contribution in [3.63, 3.8) is 0 Å². The second-order valence-corrected chi connectivity index (χ2v) is 4.85. The number of hydrogen-bond acceptors (Lipinski definition) is 4. The number of aromatic amines is 1. The van der Waals surface area contributed by atoms with Crippen molar-refractivity contribution in [3.05, 3.63) is 41.6 Å². The fraction of sp³-hybridized carbons (Fsp3) is 0.333. The van der Waals surface area contributed by atoms with Gasteiger partial charge in [-0.3, -0.25) is 9.89 Å². The summed E-state index contributed by atoms with van der Waals surface area (Å²) < 4.78 is 4.79. The molecule has 6 heteroatoms. The van der Waals surface area contributed by atoms with Crippen LogP contribution in [0.2, 0.25) is 0 Å². The van der Waals surface area contributed by atoms with E-state index in [2.05, 4.69) is 15.5 Å². The van der Waals surface area contributed by atoms with Crippen LogP contribution >= 0.6 is 0 Å². The summed E-state index contributed by atoms with van der Waals surface area (Å²) in [6, 6.07) is 9.57.